The van der Waals surface area contributed by atoms with Crippen molar-refractivity contribution < 1.29 is 4.79 Å². The van der Waals surface area contributed by atoms with E-state index in [0.717, 1.165) is 29.7 Å². The summed E-state index contributed by atoms with van der Waals surface area (Å²) in [6, 6.07) is 1.61. The van der Waals surface area contributed by atoms with E-state index in [1.54, 1.807) is 12.1 Å². The number of rotatable bonds is 8. The van der Waals surface area contributed by atoms with Crippen molar-refractivity contribution in [1.29, 1.82) is 0 Å². The lowest BCUT2D eigenvalue weighted by molar-refractivity contribution is 0.101. The highest BCUT2D eigenvalue weighted by atomic mass is 32.1. The van der Waals surface area contributed by atoms with Gasteiger partial charge in [-0.25, -0.2) is 4.98 Å². The van der Waals surface area contributed by atoms with Gasteiger partial charge in [0.05, 0.1) is 11.3 Å². The van der Waals surface area contributed by atoms with E-state index in [-0.39, 0.29) is 11.3 Å². The Hall–Kier alpha value is -2.79. The molecular weight excluding hydrogens is 368 g/mol. The number of nitrogens with zero attached hydrogens (tertiary/aromatic N) is 1. The van der Waals surface area contributed by atoms with E-state index < -0.39 is 0 Å². The molecule has 2 aromatic rings. The van der Waals surface area contributed by atoms with Crippen molar-refractivity contribution in [1.82, 2.24) is 9.97 Å². The van der Waals surface area contributed by atoms with Crippen LogP contribution in [0.4, 0.5) is 0 Å². The summed E-state index contributed by atoms with van der Waals surface area (Å²) < 4.78 is 0. The minimum Gasteiger partial charge on any atom is -0.328 e. The van der Waals surface area contributed by atoms with E-state index in [0.29, 0.717) is 16.1 Å². The van der Waals surface area contributed by atoms with Crippen molar-refractivity contribution in [2.75, 3.05) is 0 Å². The molecule has 4 nitrogen and oxygen atoms in total. The Bertz CT molecular complexity index is 1020. The molecule has 0 aromatic carbocycles. The van der Waals surface area contributed by atoms with Crippen LogP contribution in [0, 0.1) is 0 Å². The molecule has 0 aliphatic rings. The summed E-state index contributed by atoms with van der Waals surface area (Å²) in [5.41, 5.74) is 4.85. The molecule has 0 bridgehead atoms. The van der Waals surface area contributed by atoms with Crippen LogP contribution in [0.25, 0.3) is 16.1 Å². The number of hydrogen-bond acceptors (Lipinski definition) is 4. The predicted molar refractivity (Wildman–Crippen MR) is 119 cm³/mol. The first-order chi connectivity index (χ1) is 13.4. The molecule has 0 aliphatic heterocycles. The second-order valence-corrected chi connectivity index (χ2v) is 7.32. The van der Waals surface area contributed by atoms with Gasteiger partial charge in [-0.3, -0.25) is 9.59 Å². The van der Waals surface area contributed by atoms with Crippen LogP contribution in [-0.4, -0.2) is 15.8 Å². The third-order valence-corrected chi connectivity index (χ3v) is 5.26. The summed E-state index contributed by atoms with van der Waals surface area (Å²) in [5.74, 6) is -0.0987. The number of ketones is 1. The Labute approximate surface area is 170 Å². The van der Waals surface area contributed by atoms with E-state index in [1.165, 1.54) is 30.0 Å². The number of thiazole rings is 1. The van der Waals surface area contributed by atoms with Gasteiger partial charge in [-0.2, -0.15) is 0 Å². The van der Waals surface area contributed by atoms with Crippen LogP contribution in [0.1, 0.15) is 56.6 Å². The summed E-state index contributed by atoms with van der Waals surface area (Å²) >= 11 is 1.40. The monoisotopic (exact) mass is 394 g/mol. The number of H-pyrrole nitrogens is 1. The number of pyridine rings is 1. The molecule has 0 amide bonds. The first-order valence-corrected chi connectivity index (χ1v) is 10.2. The molecule has 0 fully saturated rings. The first kappa shape index (κ1) is 21.5. The Balaban J connectivity index is 2.54. The van der Waals surface area contributed by atoms with Crippen LogP contribution in [-0.2, 0) is 0 Å². The standard InChI is InChI=1S/C23H26N2O2S/c1-6-9-11-19(15(4)10-7-2)18(8-3)21-14-28-23(25-21)20-12-17(16(5)26)13-24-22(20)27/h6,8-9,11-14H,1,7,10H2,2-5H3,(H,24,27)/b11-9-,18-8+,19-15-. The van der Waals surface area contributed by atoms with Crippen LogP contribution in [0.5, 0.6) is 0 Å². The van der Waals surface area contributed by atoms with Gasteiger partial charge >= 0.3 is 0 Å². The fraction of sp³-hybridized carbons (Fsp3) is 0.261. The Kier molecular flexibility index (Phi) is 7.64. The van der Waals surface area contributed by atoms with Crippen molar-refractivity contribution in [2.24, 2.45) is 0 Å². The van der Waals surface area contributed by atoms with Crippen molar-refractivity contribution in [3.8, 4) is 10.6 Å². The minimum atomic E-state index is -0.252. The summed E-state index contributed by atoms with van der Waals surface area (Å²) in [6.07, 6.45) is 11.3. The SMILES string of the molecule is C=C\C=C/C(=C(\C)CCC)C(=C\C)/c1csc(-c2cc(C(C)=O)c[nH]c2=O)n1. The van der Waals surface area contributed by atoms with Crippen LogP contribution >= 0.6 is 11.3 Å². The zero-order valence-corrected chi connectivity index (χ0v) is 17.7. The van der Waals surface area contributed by atoms with Crippen LogP contribution in [0.15, 0.2) is 64.5 Å². The normalized spacial score (nSPS) is 12.9. The average molecular weight is 395 g/mol. The summed E-state index contributed by atoms with van der Waals surface area (Å²) in [5, 5.41) is 2.55. The maximum atomic E-state index is 12.3. The van der Waals surface area contributed by atoms with Gasteiger partial charge in [0.2, 0.25) is 0 Å². The fourth-order valence-corrected chi connectivity index (χ4v) is 3.78. The maximum Gasteiger partial charge on any atom is 0.258 e. The van der Waals surface area contributed by atoms with Gasteiger partial charge in [-0.05, 0) is 38.8 Å². The van der Waals surface area contributed by atoms with E-state index in [2.05, 4.69) is 31.5 Å². The van der Waals surface area contributed by atoms with Gasteiger partial charge in [0.1, 0.15) is 5.01 Å². The Morgan fingerprint density at radius 1 is 1.36 bits per heavy atom. The van der Waals surface area contributed by atoms with E-state index in [9.17, 15) is 9.59 Å². The molecule has 28 heavy (non-hydrogen) atoms. The average Bonchev–Trinajstić information content (AvgIpc) is 3.14. The maximum absolute atomic E-state index is 12.3. The number of carbonyl (C=O) groups excluding carboxylic acids is 1. The van der Waals surface area contributed by atoms with Gasteiger partial charge in [0.15, 0.2) is 5.78 Å². The van der Waals surface area contributed by atoms with Gasteiger partial charge in [-0.1, -0.05) is 49.8 Å². The topological polar surface area (TPSA) is 62.8 Å². The molecular formula is C23H26N2O2S. The Morgan fingerprint density at radius 3 is 2.71 bits per heavy atom. The zero-order valence-electron chi connectivity index (χ0n) is 16.8. The quantitative estimate of drug-likeness (QED) is 0.443. The molecule has 1 N–H and O–H groups in total. The van der Waals surface area contributed by atoms with Crippen LogP contribution in [0.2, 0.25) is 0 Å². The van der Waals surface area contributed by atoms with Crippen molar-refractivity contribution in [3.63, 3.8) is 0 Å². The van der Waals surface area contributed by atoms with Crippen molar-refractivity contribution in [2.45, 2.75) is 40.5 Å². The van der Waals surface area contributed by atoms with Crippen molar-refractivity contribution >= 4 is 22.7 Å². The number of allylic oxidation sites excluding steroid dienone is 7. The predicted octanol–water partition coefficient (Wildman–Crippen LogP) is 5.96. The highest BCUT2D eigenvalue weighted by molar-refractivity contribution is 7.13. The molecule has 2 heterocycles. The smallest absolute Gasteiger partial charge is 0.258 e. The molecule has 0 aliphatic carbocycles. The largest absolute Gasteiger partial charge is 0.328 e. The molecule has 0 radical (unpaired) electrons. The second kappa shape index (κ2) is 9.95. The highest BCUT2D eigenvalue weighted by Crippen LogP contribution is 2.32. The molecule has 2 aromatic heterocycles. The van der Waals surface area contributed by atoms with Gasteiger partial charge in [-0.15, -0.1) is 11.3 Å². The van der Waals surface area contributed by atoms with Gasteiger partial charge in [0.25, 0.3) is 5.56 Å². The number of aromatic nitrogens is 2. The zero-order chi connectivity index (χ0) is 20.7. The van der Waals surface area contributed by atoms with Crippen molar-refractivity contribution in [3.05, 3.63) is 81.3 Å². The van der Waals surface area contributed by atoms with E-state index >= 15 is 0 Å². The minimum absolute atomic E-state index is 0.0987. The van der Waals surface area contributed by atoms with Crippen LogP contribution < -0.4 is 5.56 Å². The lowest BCUT2D eigenvalue weighted by Crippen LogP contribution is -2.10. The first-order valence-electron chi connectivity index (χ1n) is 9.28. The second-order valence-electron chi connectivity index (χ2n) is 6.47. The fourth-order valence-electron chi connectivity index (χ4n) is 2.94. The number of aromatic amines is 1. The molecule has 0 atom stereocenters. The number of carbonyl (C=O) groups is 1. The third kappa shape index (κ3) is 4.93. The third-order valence-electron chi connectivity index (χ3n) is 4.38. The van der Waals surface area contributed by atoms with E-state index in [4.69, 9.17) is 4.98 Å². The molecule has 0 spiro atoms. The number of Topliss-reactive ketones (excluding diaryl/α,β-unsaturated/α-hetero) is 1. The lowest BCUT2D eigenvalue weighted by Gasteiger charge is -2.11. The van der Waals surface area contributed by atoms with Crippen LogP contribution in [0.3, 0.4) is 0 Å². The summed E-state index contributed by atoms with van der Waals surface area (Å²) in [7, 11) is 0. The number of nitrogens with one attached hydrogen (secondary N) is 1. The van der Waals surface area contributed by atoms with E-state index in [1.807, 2.05) is 24.5 Å². The molecule has 5 heteroatoms. The van der Waals surface area contributed by atoms with Gasteiger partial charge in [0, 0.05) is 22.7 Å². The molecule has 2 rings (SSSR count). The lowest BCUT2D eigenvalue weighted by atomic mass is 9.95. The van der Waals surface area contributed by atoms with Gasteiger partial charge < -0.3 is 4.98 Å². The highest BCUT2D eigenvalue weighted by Gasteiger charge is 2.15. The molecule has 0 saturated carbocycles. The summed E-state index contributed by atoms with van der Waals surface area (Å²) in [6.45, 7) is 11.5. The number of hydrogen-bond donors (Lipinski definition) is 1. The molecule has 146 valence electrons. The summed E-state index contributed by atoms with van der Waals surface area (Å²) in [4.78, 5) is 31.3. The Morgan fingerprint density at radius 2 is 2.11 bits per heavy atom. The molecule has 0 unspecified atom stereocenters. The molecule has 0 saturated heterocycles.